The Bertz CT molecular complexity index is 613. The number of benzene rings is 2. The summed E-state index contributed by atoms with van der Waals surface area (Å²) in [4.78, 5) is 0. The zero-order valence-corrected chi connectivity index (χ0v) is 11.6. The second kappa shape index (κ2) is 5.43. The van der Waals surface area contributed by atoms with E-state index in [2.05, 4.69) is 28.8 Å². The number of anilines is 1. The van der Waals surface area contributed by atoms with Crippen LogP contribution in [0.1, 0.15) is 17.3 Å². The molecule has 1 atom stereocenters. The van der Waals surface area contributed by atoms with Gasteiger partial charge in [0.2, 0.25) is 0 Å². The maximum absolute atomic E-state index is 5.47. The Morgan fingerprint density at radius 1 is 1.05 bits per heavy atom. The first kappa shape index (κ1) is 12.8. The Morgan fingerprint density at radius 2 is 1.90 bits per heavy atom. The number of nitrogens with one attached hydrogen (secondary N) is 2. The number of hydrogen-bond donors (Lipinski definition) is 2. The lowest BCUT2D eigenvalue weighted by molar-refractivity contribution is 0.386. The molecule has 0 bridgehead atoms. The summed E-state index contributed by atoms with van der Waals surface area (Å²) < 4.78 is 10.7. The largest absolute Gasteiger partial charge is 0.497 e. The molecule has 2 aromatic carbocycles. The number of methoxy groups -OCH3 is 2. The van der Waals surface area contributed by atoms with Crippen molar-refractivity contribution in [3.8, 4) is 11.5 Å². The van der Waals surface area contributed by atoms with E-state index in [1.807, 2.05) is 24.3 Å². The quantitative estimate of drug-likeness (QED) is 0.900. The van der Waals surface area contributed by atoms with Gasteiger partial charge in [-0.25, -0.2) is 0 Å². The summed E-state index contributed by atoms with van der Waals surface area (Å²) in [7, 11) is 3.33. The van der Waals surface area contributed by atoms with Gasteiger partial charge in [0.25, 0.3) is 0 Å². The molecular formula is C16H18N2O2. The third-order valence-electron chi connectivity index (χ3n) is 3.57. The highest BCUT2D eigenvalue weighted by atomic mass is 16.5. The predicted molar refractivity (Wildman–Crippen MR) is 79.2 cm³/mol. The fraction of sp³-hybridized carbons (Fsp3) is 0.250. The van der Waals surface area contributed by atoms with E-state index in [0.717, 1.165) is 29.3 Å². The van der Waals surface area contributed by atoms with E-state index in [9.17, 15) is 0 Å². The molecule has 0 amide bonds. The van der Waals surface area contributed by atoms with Gasteiger partial charge in [0.05, 0.1) is 14.2 Å². The van der Waals surface area contributed by atoms with Crippen LogP contribution >= 0.6 is 0 Å². The molecule has 0 saturated heterocycles. The molecule has 1 unspecified atom stereocenters. The van der Waals surface area contributed by atoms with Crippen molar-refractivity contribution in [3.63, 3.8) is 0 Å². The Labute approximate surface area is 118 Å². The molecule has 4 heteroatoms. The summed E-state index contributed by atoms with van der Waals surface area (Å²) in [6, 6.07) is 14.2. The molecule has 1 heterocycles. The zero-order valence-electron chi connectivity index (χ0n) is 11.6. The van der Waals surface area contributed by atoms with Gasteiger partial charge in [-0.1, -0.05) is 18.2 Å². The molecule has 0 spiro atoms. The molecule has 0 fully saturated rings. The second-order valence-corrected chi connectivity index (χ2v) is 4.72. The van der Waals surface area contributed by atoms with Crippen LogP contribution in [0.3, 0.4) is 0 Å². The highest BCUT2D eigenvalue weighted by Crippen LogP contribution is 2.33. The topological polar surface area (TPSA) is 42.5 Å². The molecule has 3 rings (SSSR count). The average Bonchev–Trinajstić information content (AvgIpc) is 2.53. The number of rotatable bonds is 3. The Hall–Kier alpha value is -2.20. The average molecular weight is 270 g/mol. The van der Waals surface area contributed by atoms with Gasteiger partial charge in [0.15, 0.2) is 0 Å². The second-order valence-electron chi connectivity index (χ2n) is 4.72. The minimum atomic E-state index is 0.0331. The maximum Gasteiger partial charge on any atom is 0.129 e. The molecule has 2 N–H and O–H groups in total. The first-order chi connectivity index (χ1) is 9.81. The minimum Gasteiger partial charge on any atom is -0.497 e. The smallest absolute Gasteiger partial charge is 0.129 e. The van der Waals surface area contributed by atoms with E-state index in [1.54, 1.807) is 14.2 Å². The van der Waals surface area contributed by atoms with Crippen molar-refractivity contribution in [2.24, 2.45) is 0 Å². The van der Waals surface area contributed by atoms with Crippen LogP contribution in [-0.4, -0.2) is 14.2 Å². The van der Waals surface area contributed by atoms with Gasteiger partial charge in [-0.2, -0.15) is 0 Å². The van der Waals surface area contributed by atoms with Crippen molar-refractivity contribution in [1.82, 2.24) is 5.32 Å². The fourth-order valence-corrected chi connectivity index (χ4v) is 2.48. The van der Waals surface area contributed by atoms with Crippen LogP contribution < -0.4 is 20.1 Å². The first-order valence-corrected chi connectivity index (χ1v) is 6.61. The van der Waals surface area contributed by atoms with E-state index in [4.69, 9.17) is 9.47 Å². The van der Waals surface area contributed by atoms with Gasteiger partial charge < -0.3 is 14.8 Å². The molecule has 104 valence electrons. The molecule has 0 radical (unpaired) electrons. The monoisotopic (exact) mass is 270 g/mol. The van der Waals surface area contributed by atoms with Crippen molar-refractivity contribution in [1.29, 1.82) is 0 Å². The normalized spacial score (nSPS) is 17.0. The van der Waals surface area contributed by atoms with Crippen LogP contribution in [0.4, 0.5) is 5.69 Å². The van der Waals surface area contributed by atoms with Gasteiger partial charge in [-0.05, 0) is 23.8 Å². The SMILES string of the molecule is COc1ccc(C2NCc3ccccc3N2)c(OC)c1. The Morgan fingerprint density at radius 3 is 2.70 bits per heavy atom. The zero-order chi connectivity index (χ0) is 13.9. The van der Waals surface area contributed by atoms with E-state index in [0.29, 0.717) is 0 Å². The predicted octanol–water partition coefficient (Wildman–Crippen LogP) is 2.92. The summed E-state index contributed by atoms with van der Waals surface area (Å²) in [5.41, 5.74) is 3.51. The molecule has 0 aromatic heterocycles. The van der Waals surface area contributed by atoms with Gasteiger partial charge in [-0.15, -0.1) is 0 Å². The van der Waals surface area contributed by atoms with Gasteiger partial charge in [0, 0.05) is 23.9 Å². The van der Waals surface area contributed by atoms with Crippen molar-refractivity contribution < 1.29 is 9.47 Å². The third kappa shape index (κ3) is 2.30. The molecule has 1 aliphatic rings. The van der Waals surface area contributed by atoms with Gasteiger partial charge >= 0.3 is 0 Å². The maximum atomic E-state index is 5.47. The van der Waals surface area contributed by atoms with E-state index < -0.39 is 0 Å². The highest BCUT2D eigenvalue weighted by molar-refractivity contribution is 5.56. The summed E-state index contributed by atoms with van der Waals surface area (Å²) in [5.74, 6) is 1.61. The van der Waals surface area contributed by atoms with Crippen LogP contribution in [0.2, 0.25) is 0 Å². The van der Waals surface area contributed by atoms with E-state index in [1.165, 1.54) is 5.56 Å². The first-order valence-electron chi connectivity index (χ1n) is 6.61. The Kier molecular flexibility index (Phi) is 3.48. The van der Waals surface area contributed by atoms with Crippen molar-refractivity contribution in [3.05, 3.63) is 53.6 Å². The lowest BCUT2D eigenvalue weighted by atomic mass is 10.1. The van der Waals surface area contributed by atoms with E-state index in [-0.39, 0.29) is 6.17 Å². The van der Waals surface area contributed by atoms with Crippen LogP contribution in [0.15, 0.2) is 42.5 Å². The highest BCUT2D eigenvalue weighted by Gasteiger charge is 2.21. The summed E-state index contributed by atoms with van der Waals surface area (Å²) in [5, 5.41) is 6.97. The number of ether oxygens (including phenoxy) is 2. The number of hydrogen-bond acceptors (Lipinski definition) is 4. The number of para-hydroxylation sites is 1. The van der Waals surface area contributed by atoms with Crippen LogP contribution in [-0.2, 0) is 6.54 Å². The van der Waals surface area contributed by atoms with Gasteiger partial charge in [0.1, 0.15) is 17.7 Å². The van der Waals surface area contributed by atoms with Gasteiger partial charge in [-0.3, -0.25) is 5.32 Å². The molecule has 20 heavy (non-hydrogen) atoms. The lowest BCUT2D eigenvalue weighted by Gasteiger charge is -2.29. The van der Waals surface area contributed by atoms with Crippen molar-refractivity contribution in [2.75, 3.05) is 19.5 Å². The molecule has 0 saturated carbocycles. The number of fused-ring (bicyclic) bond motifs is 1. The van der Waals surface area contributed by atoms with Crippen LogP contribution in [0.25, 0.3) is 0 Å². The molecule has 0 aliphatic carbocycles. The van der Waals surface area contributed by atoms with E-state index >= 15 is 0 Å². The fourth-order valence-electron chi connectivity index (χ4n) is 2.48. The Balaban J connectivity index is 1.91. The van der Waals surface area contributed by atoms with Crippen molar-refractivity contribution in [2.45, 2.75) is 12.7 Å². The molecular weight excluding hydrogens is 252 g/mol. The summed E-state index contributed by atoms with van der Waals surface area (Å²) in [6.07, 6.45) is 0.0331. The van der Waals surface area contributed by atoms with Crippen LogP contribution in [0.5, 0.6) is 11.5 Å². The standard InChI is InChI=1S/C16H18N2O2/c1-19-12-7-8-13(15(9-12)20-2)16-17-10-11-5-3-4-6-14(11)18-16/h3-9,16-18H,10H2,1-2H3. The molecule has 1 aliphatic heterocycles. The van der Waals surface area contributed by atoms with Crippen molar-refractivity contribution >= 4 is 5.69 Å². The third-order valence-corrected chi connectivity index (χ3v) is 3.57. The van der Waals surface area contributed by atoms with Crippen LogP contribution in [0, 0.1) is 0 Å². The summed E-state index contributed by atoms with van der Waals surface area (Å²) >= 11 is 0. The molecule has 2 aromatic rings. The lowest BCUT2D eigenvalue weighted by Crippen LogP contribution is -2.32. The minimum absolute atomic E-state index is 0.0331. The molecule has 4 nitrogen and oxygen atoms in total. The summed E-state index contributed by atoms with van der Waals surface area (Å²) in [6.45, 7) is 0.836.